The summed E-state index contributed by atoms with van der Waals surface area (Å²) < 4.78 is 0. The van der Waals surface area contributed by atoms with Crippen LogP contribution < -0.4 is 11.1 Å². The van der Waals surface area contributed by atoms with Crippen LogP contribution in [-0.2, 0) is 0 Å². The number of hydrogen-bond donors (Lipinski definition) is 3. The van der Waals surface area contributed by atoms with E-state index in [1.165, 1.54) is 0 Å². The van der Waals surface area contributed by atoms with Crippen LogP contribution in [0.4, 0.5) is 11.5 Å². The van der Waals surface area contributed by atoms with E-state index in [0.717, 1.165) is 37.2 Å². The molecule has 1 fully saturated rings. The Morgan fingerprint density at radius 2 is 1.89 bits per heavy atom. The SMILES string of the molecule is Cc1nc(NCC2(O)CCC(C)(C)CC2)ccc1N. The first-order valence-electron chi connectivity index (χ1n) is 6.99. The van der Waals surface area contributed by atoms with Gasteiger partial charge in [-0.25, -0.2) is 4.98 Å². The average Bonchev–Trinajstić information content (AvgIpc) is 2.36. The number of nitrogens with zero attached hydrogens (tertiary/aromatic N) is 1. The van der Waals surface area contributed by atoms with Crippen molar-refractivity contribution >= 4 is 11.5 Å². The minimum absolute atomic E-state index is 0.363. The zero-order chi connectivity index (χ0) is 14.1. The molecule has 0 amide bonds. The van der Waals surface area contributed by atoms with Gasteiger partial charge in [0.05, 0.1) is 17.0 Å². The number of pyridine rings is 1. The van der Waals surface area contributed by atoms with Gasteiger partial charge in [0, 0.05) is 6.54 Å². The zero-order valence-corrected chi connectivity index (χ0v) is 12.2. The van der Waals surface area contributed by atoms with Crippen LogP contribution in [0.3, 0.4) is 0 Å². The van der Waals surface area contributed by atoms with Crippen molar-refractivity contribution < 1.29 is 5.11 Å². The quantitative estimate of drug-likeness (QED) is 0.784. The van der Waals surface area contributed by atoms with Crippen LogP contribution in [0.2, 0.25) is 0 Å². The van der Waals surface area contributed by atoms with Gasteiger partial charge in [-0.1, -0.05) is 13.8 Å². The lowest BCUT2D eigenvalue weighted by Crippen LogP contribution is -2.42. The number of nitrogens with one attached hydrogen (secondary N) is 1. The van der Waals surface area contributed by atoms with Crippen molar-refractivity contribution in [1.82, 2.24) is 4.98 Å². The molecule has 4 nitrogen and oxygen atoms in total. The number of hydrogen-bond acceptors (Lipinski definition) is 4. The van der Waals surface area contributed by atoms with Gasteiger partial charge in [0.25, 0.3) is 0 Å². The van der Waals surface area contributed by atoms with Crippen LogP contribution in [0, 0.1) is 12.3 Å². The van der Waals surface area contributed by atoms with Crippen LogP contribution >= 0.6 is 0 Å². The van der Waals surface area contributed by atoms with E-state index in [-0.39, 0.29) is 0 Å². The molecule has 106 valence electrons. The zero-order valence-electron chi connectivity index (χ0n) is 12.2. The minimum Gasteiger partial charge on any atom is -0.397 e. The summed E-state index contributed by atoms with van der Waals surface area (Å²) in [6, 6.07) is 3.71. The van der Waals surface area contributed by atoms with E-state index < -0.39 is 5.60 Å². The summed E-state index contributed by atoms with van der Waals surface area (Å²) >= 11 is 0. The second-order valence-corrected chi connectivity index (χ2v) is 6.61. The van der Waals surface area contributed by atoms with Crippen LogP contribution in [0.25, 0.3) is 0 Å². The minimum atomic E-state index is -0.605. The van der Waals surface area contributed by atoms with Gasteiger partial charge >= 0.3 is 0 Å². The molecule has 4 N–H and O–H groups in total. The third kappa shape index (κ3) is 3.60. The van der Waals surface area contributed by atoms with Crippen molar-refractivity contribution in [2.75, 3.05) is 17.6 Å². The smallest absolute Gasteiger partial charge is 0.126 e. The normalized spacial score (nSPS) is 21.1. The first-order chi connectivity index (χ1) is 8.80. The summed E-state index contributed by atoms with van der Waals surface area (Å²) in [5.74, 6) is 0.782. The lowest BCUT2D eigenvalue weighted by Gasteiger charge is -2.40. The maximum atomic E-state index is 10.6. The van der Waals surface area contributed by atoms with Gasteiger partial charge in [-0.05, 0) is 50.2 Å². The Balaban J connectivity index is 1.93. The van der Waals surface area contributed by atoms with Crippen molar-refractivity contribution in [3.63, 3.8) is 0 Å². The number of rotatable bonds is 3. The van der Waals surface area contributed by atoms with Gasteiger partial charge in [-0.3, -0.25) is 0 Å². The fraction of sp³-hybridized carbons (Fsp3) is 0.667. The van der Waals surface area contributed by atoms with E-state index in [1.807, 2.05) is 19.1 Å². The Labute approximate surface area is 115 Å². The van der Waals surface area contributed by atoms with E-state index in [0.29, 0.717) is 17.6 Å². The van der Waals surface area contributed by atoms with Gasteiger partial charge in [0.2, 0.25) is 0 Å². The second kappa shape index (κ2) is 5.00. The second-order valence-electron chi connectivity index (χ2n) is 6.61. The molecule has 0 bridgehead atoms. The molecule has 1 saturated carbocycles. The molecule has 1 aliphatic carbocycles. The van der Waals surface area contributed by atoms with Crippen molar-refractivity contribution in [1.29, 1.82) is 0 Å². The molecule has 0 radical (unpaired) electrons. The fourth-order valence-corrected chi connectivity index (χ4v) is 2.49. The molecule has 0 saturated heterocycles. The highest BCUT2D eigenvalue weighted by Gasteiger charge is 2.36. The summed E-state index contributed by atoms with van der Waals surface area (Å²) in [6.45, 7) is 6.98. The largest absolute Gasteiger partial charge is 0.397 e. The van der Waals surface area contributed by atoms with Gasteiger partial charge in [-0.15, -0.1) is 0 Å². The maximum absolute atomic E-state index is 10.6. The van der Waals surface area contributed by atoms with Crippen LogP contribution in [0.1, 0.15) is 45.2 Å². The monoisotopic (exact) mass is 263 g/mol. The number of aromatic nitrogens is 1. The summed E-state index contributed by atoms with van der Waals surface area (Å²) in [5, 5.41) is 13.8. The highest BCUT2D eigenvalue weighted by molar-refractivity contribution is 5.49. The van der Waals surface area contributed by atoms with E-state index in [4.69, 9.17) is 5.73 Å². The molecule has 0 aromatic carbocycles. The van der Waals surface area contributed by atoms with Gasteiger partial charge < -0.3 is 16.2 Å². The summed E-state index contributed by atoms with van der Waals surface area (Å²) in [7, 11) is 0. The first kappa shape index (κ1) is 14.1. The number of aliphatic hydroxyl groups is 1. The fourth-order valence-electron chi connectivity index (χ4n) is 2.49. The third-order valence-corrected chi connectivity index (χ3v) is 4.26. The summed E-state index contributed by atoms with van der Waals surface area (Å²) in [4.78, 5) is 4.37. The van der Waals surface area contributed by atoms with Crippen LogP contribution in [0.15, 0.2) is 12.1 Å². The molecular weight excluding hydrogens is 238 g/mol. The average molecular weight is 263 g/mol. The number of anilines is 2. The predicted molar refractivity (Wildman–Crippen MR) is 79.1 cm³/mol. The van der Waals surface area contributed by atoms with E-state index in [2.05, 4.69) is 24.1 Å². The summed E-state index contributed by atoms with van der Waals surface area (Å²) in [5.41, 5.74) is 7.02. The Morgan fingerprint density at radius 3 is 2.47 bits per heavy atom. The molecule has 0 unspecified atom stereocenters. The van der Waals surface area contributed by atoms with Crippen molar-refractivity contribution in [3.8, 4) is 0 Å². The molecule has 1 heterocycles. The Morgan fingerprint density at radius 1 is 1.26 bits per heavy atom. The Hall–Kier alpha value is -1.29. The topological polar surface area (TPSA) is 71.2 Å². The first-order valence-corrected chi connectivity index (χ1v) is 6.99. The molecule has 2 rings (SSSR count). The maximum Gasteiger partial charge on any atom is 0.126 e. The molecule has 0 atom stereocenters. The number of nitrogens with two attached hydrogens (primary N) is 1. The molecular formula is C15H25N3O. The van der Waals surface area contributed by atoms with E-state index in [9.17, 15) is 5.11 Å². The standard InChI is InChI=1S/C15H25N3O/c1-11-12(16)4-5-13(18-11)17-10-15(19)8-6-14(2,3)7-9-15/h4-5,19H,6-10,16H2,1-3H3,(H,17,18). The number of aryl methyl sites for hydroxylation is 1. The van der Waals surface area contributed by atoms with Crippen molar-refractivity contribution in [2.24, 2.45) is 5.41 Å². The van der Waals surface area contributed by atoms with Crippen LogP contribution in [-0.4, -0.2) is 22.2 Å². The lowest BCUT2D eigenvalue weighted by molar-refractivity contribution is -0.0145. The van der Waals surface area contributed by atoms with Gasteiger partial charge in [-0.2, -0.15) is 0 Å². The lowest BCUT2D eigenvalue weighted by atomic mass is 9.71. The highest BCUT2D eigenvalue weighted by Crippen LogP contribution is 2.40. The predicted octanol–water partition coefficient (Wildman–Crippen LogP) is 2.72. The van der Waals surface area contributed by atoms with E-state index in [1.54, 1.807) is 0 Å². The van der Waals surface area contributed by atoms with Crippen LogP contribution in [0.5, 0.6) is 0 Å². The van der Waals surface area contributed by atoms with E-state index >= 15 is 0 Å². The molecule has 1 aromatic rings. The molecule has 1 aliphatic rings. The molecule has 0 aliphatic heterocycles. The molecule has 19 heavy (non-hydrogen) atoms. The third-order valence-electron chi connectivity index (χ3n) is 4.26. The van der Waals surface area contributed by atoms with Gasteiger partial charge in [0.15, 0.2) is 0 Å². The Kier molecular flexibility index (Phi) is 3.72. The van der Waals surface area contributed by atoms with Crippen molar-refractivity contribution in [2.45, 2.75) is 52.1 Å². The highest BCUT2D eigenvalue weighted by atomic mass is 16.3. The molecule has 4 heteroatoms. The van der Waals surface area contributed by atoms with Gasteiger partial charge in [0.1, 0.15) is 5.82 Å². The molecule has 1 aromatic heterocycles. The summed E-state index contributed by atoms with van der Waals surface area (Å²) in [6.07, 6.45) is 3.83. The molecule has 0 spiro atoms. The number of nitrogen functional groups attached to an aromatic ring is 1. The Bertz CT molecular complexity index is 447. The van der Waals surface area contributed by atoms with Crippen molar-refractivity contribution in [3.05, 3.63) is 17.8 Å².